The van der Waals surface area contributed by atoms with Gasteiger partial charge in [-0.3, -0.25) is 19.3 Å². The van der Waals surface area contributed by atoms with Crippen molar-refractivity contribution in [3.05, 3.63) is 35.4 Å². The largest absolute Gasteiger partial charge is 0.481 e. The zero-order chi connectivity index (χ0) is 14.0. The van der Waals surface area contributed by atoms with Crippen molar-refractivity contribution in [2.45, 2.75) is 12.5 Å². The number of benzene rings is 1. The van der Waals surface area contributed by atoms with Gasteiger partial charge in [-0.1, -0.05) is 12.1 Å². The molecule has 0 radical (unpaired) electrons. The van der Waals surface area contributed by atoms with Crippen molar-refractivity contribution in [1.29, 1.82) is 0 Å². The lowest BCUT2D eigenvalue weighted by atomic mass is 10.1. The SMILES string of the molecule is COC(CC(=O)O)CN1C(=O)c2ccccc2C1=O. The van der Waals surface area contributed by atoms with E-state index in [1.807, 2.05) is 0 Å². The number of aliphatic carboxylic acids is 1. The summed E-state index contributed by atoms with van der Waals surface area (Å²) < 4.78 is 4.99. The van der Waals surface area contributed by atoms with Crippen LogP contribution in [-0.4, -0.2) is 47.5 Å². The van der Waals surface area contributed by atoms with Crippen molar-refractivity contribution in [2.24, 2.45) is 0 Å². The molecule has 0 bridgehead atoms. The fourth-order valence-corrected chi connectivity index (χ4v) is 2.03. The van der Waals surface area contributed by atoms with E-state index in [1.165, 1.54) is 7.11 Å². The van der Waals surface area contributed by atoms with Gasteiger partial charge in [0.05, 0.1) is 30.2 Å². The Morgan fingerprint density at radius 3 is 2.21 bits per heavy atom. The average molecular weight is 263 g/mol. The number of rotatable bonds is 5. The first kappa shape index (κ1) is 13.2. The summed E-state index contributed by atoms with van der Waals surface area (Å²) in [6.07, 6.45) is -0.969. The van der Waals surface area contributed by atoms with E-state index in [1.54, 1.807) is 24.3 Å². The highest BCUT2D eigenvalue weighted by atomic mass is 16.5. The molecule has 0 spiro atoms. The number of amides is 2. The first-order valence-electron chi connectivity index (χ1n) is 5.74. The molecule has 0 saturated carbocycles. The van der Waals surface area contributed by atoms with Gasteiger partial charge in [0, 0.05) is 7.11 Å². The molecule has 1 unspecified atom stereocenters. The van der Waals surface area contributed by atoms with E-state index < -0.39 is 23.9 Å². The van der Waals surface area contributed by atoms with Crippen LogP contribution in [0, 0.1) is 0 Å². The van der Waals surface area contributed by atoms with Gasteiger partial charge in [-0.05, 0) is 12.1 Å². The van der Waals surface area contributed by atoms with Gasteiger partial charge in [0.25, 0.3) is 11.8 Å². The molecule has 1 aliphatic rings. The lowest BCUT2D eigenvalue weighted by Gasteiger charge is -2.20. The predicted octanol–water partition coefficient (Wildman–Crippen LogP) is 0.772. The number of nitrogens with zero attached hydrogens (tertiary/aromatic N) is 1. The Labute approximate surface area is 109 Å². The van der Waals surface area contributed by atoms with Crippen molar-refractivity contribution in [1.82, 2.24) is 4.90 Å². The number of carboxylic acid groups (broad SMARTS) is 1. The monoisotopic (exact) mass is 263 g/mol. The Bertz CT molecular complexity index is 505. The molecule has 0 fully saturated rings. The minimum absolute atomic E-state index is 0.0604. The number of hydrogen-bond acceptors (Lipinski definition) is 4. The Balaban J connectivity index is 2.17. The smallest absolute Gasteiger partial charge is 0.306 e. The van der Waals surface area contributed by atoms with E-state index in [0.717, 1.165) is 4.90 Å². The summed E-state index contributed by atoms with van der Waals surface area (Å²) in [5.74, 6) is -1.86. The number of ether oxygens (including phenoxy) is 1. The van der Waals surface area contributed by atoms with Crippen LogP contribution in [0.25, 0.3) is 0 Å². The molecule has 1 heterocycles. The molecule has 0 aromatic heterocycles. The van der Waals surface area contributed by atoms with E-state index in [0.29, 0.717) is 11.1 Å². The highest BCUT2D eigenvalue weighted by Gasteiger charge is 2.36. The summed E-state index contributed by atoms with van der Waals surface area (Å²) in [5, 5.41) is 8.73. The summed E-state index contributed by atoms with van der Waals surface area (Å²) in [4.78, 5) is 35.8. The first-order valence-corrected chi connectivity index (χ1v) is 5.74. The quantitative estimate of drug-likeness (QED) is 0.793. The predicted molar refractivity (Wildman–Crippen MR) is 64.9 cm³/mol. The number of methoxy groups -OCH3 is 1. The molecule has 1 aliphatic heterocycles. The van der Waals surface area contributed by atoms with E-state index >= 15 is 0 Å². The molecule has 0 aliphatic carbocycles. The van der Waals surface area contributed by atoms with Gasteiger partial charge < -0.3 is 9.84 Å². The number of carboxylic acids is 1. The zero-order valence-electron chi connectivity index (χ0n) is 10.3. The van der Waals surface area contributed by atoms with Gasteiger partial charge in [-0.25, -0.2) is 0 Å². The minimum Gasteiger partial charge on any atom is -0.481 e. The molecule has 1 aromatic carbocycles. The van der Waals surface area contributed by atoms with Crippen molar-refractivity contribution < 1.29 is 24.2 Å². The molecule has 100 valence electrons. The van der Waals surface area contributed by atoms with E-state index in [4.69, 9.17) is 9.84 Å². The summed E-state index contributed by atoms with van der Waals surface area (Å²) in [7, 11) is 1.35. The Hall–Kier alpha value is -2.21. The van der Waals surface area contributed by atoms with Gasteiger partial charge in [0.1, 0.15) is 0 Å². The molecule has 1 atom stereocenters. The Kier molecular flexibility index (Phi) is 3.62. The van der Waals surface area contributed by atoms with E-state index in [-0.39, 0.29) is 13.0 Å². The Morgan fingerprint density at radius 1 is 1.26 bits per heavy atom. The molecule has 1 aromatic rings. The molecular weight excluding hydrogens is 250 g/mol. The van der Waals surface area contributed by atoms with E-state index in [2.05, 4.69) is 0 Å². The van der Waals surface area contributed by atoms with Gasteiger partial charge in [-0.15, -0.1) is 0 Å². The van der Waals surface area contributed by atoms with Gasteiger partial charge in [0.15, 0.2) is 0 Å². The summed E-state index contributed by atoms with van der Waals surface area (Å²) in [5.41, 5.74) is 0.690. The first-order chi connectivity index (χ1) is 9.04. The molecule has 2 amide bonds. The lowest BCUT2D eigenvalue weighted by Crippen LogP contribution is -2.38. The molecule has 1 N–H and O–H groups in total. The van der Waals surface area contributed by atoms with Gasteiger partial charge in [-0.2, -0.15) is 0 Å². The number of imide groups is 1. The van der Waals surface area contributed by atoms with Gasteiger partial charge in [0.2, 0.25) is 0 Å². The van der Waals surface area contributed by atoms with E-state index in [9.17, 15) is 14.4 Å². The normalized spacial score (nSPS) is 15.5. The molecular formula is C13H13NO5. The number of hydrogen-bond donors (Lipinski definition) is 1. The molecule has 6 nitrogen and oxygen atoms in total. The summed E-state index contributed by atoms with van der Waals surface area (Å²) >= 11 is 0. The number of carbonyl (C=O) groups excluding carboxylic acids is 2. The fraction of sp³-hybridized carbons (Fsp3) is 0.308. The van der Waals surface area contributed by atoms with Crippen molar-refractivity contribution in [2.75, 3.05) is 13.7 Å². The second-order valence-electron chi connectivity index (χ2n) is 4.22. The van der Waals surface area contributed by atoms with Crippen LogP contribution in [0.2, 0.25) is 0 Å². The lowest BCUT2D eigenvalue weighted by molar-refractivity contribution is -0.139. The summed E-state index contributed by atoms with van der Waals surface area (Å²) in [6.45, 7) is -0.0604. The van der Waals surface area contributed by atoms with Crippen LogP contribution in [0.4, 0.5) is 0 Å². The number of carbonyl (C=O) groups is 3. The Morgan fingerprint density at radius 2 is 1.79 bits per heavy atom. The maximum Gasteiger partial charge on any atom is 0.306 e. The molecule has 2 rings (SSSR count). The number of fused-ring (bicyclic) bond motifs is 1. The molecule has 19 heavy (non-hydrogen) atoms. The maximum atomic E-state index is 12.0. The van der Waals surface area contributed by atoms with Gasteiger partial charge >= 0.3 is 5.97 Å². The van der Waals surface area contributed by atoms with Crippen LogP contribution in [-0.2, 0) is 9.53 Å². The topological polar surface area (TPSA) is 83.9 Å². The molecule has 6 heteroatoms. The molecule has 0 saturated heterocycles. The maximum absolute atomic E-state index is 12.0. The van der Waals surface area contributed by atoms with Crippen LogP contribution >= 0.6 is 0 Å². The second kappa shape index (κ2) is 5.19. The third kappa shape index (κ3) is 2.48. The minimum atomic E-state index is -1.04. The standard InChI is InChI=1S/C13H13NO5/c1-19-8(6-11(15)16)7-14-12(17)9-4-2-3-5-10(9)13(14)18/h2-5,8H,6-7H2,1H3,(H,15,16). The second-order valence-corrected chi connectivity index (χ2v) is 4.22. The van der Waals surface area contributed by atoms with Crippen molar-refractivity contribution >= 4 is 17.8 Å². The fourth-order valence-electron chi connectivity index (χ4n) is 2.03. The third-order valence-corrected chi connectivity index (χ3v) is 3.00. The highest BCUT2D eigenvalue weighted by Crippen LogP contribution is 2.23. The average Bonchev–Trinajstić information content (AvgIpc) is 2.63. The van der Waals surface area contributed by atoms with Crippen LogP contribution in [0.1, 0.15) is 27.1 Å². The van der Waals surface area contributed by atoms with Crippen LogP contribution in [0.3, 0.4) is 0 Å². The van der Waals surface area contributed by atoms with Crippen molar-refractivity contribution in [3.63, 3.8) is 0 Å². The van der Waals surface area contributed by atoms with Crippen LogP contribution in [0.5, 0.6) is 0 Å². The third-order valence-electron chi connectivity index (χ3n) is 3.00. The summed E-state index contributed by atoms with van der Waals surface area (Å²) in [6, 6.07) is 6.51. The van der Waals surface area contributed by atoms with Crippen LogP contribution < -0.4 is 0 Å². The highest BCUT2D eigenvalue weighted by molar-refractivity contribution is 6.21. The van der Waals surface area contributed by atoms with Crippen LogP contribution in [0.15, 0.2) is 24.3 Å². The van der Waals surface area contributed by atoms with Crippen molar-refractivity contribution in [3.8, 4) is 0 Å². The zero-order valence-corrected chi connectivity index (χ0v) is 10.3.